The Balaban J connectivity index is 1.47. The van der Waals surface area contributed by atoms with Gasteiger partial charge in [0.1, 0.15) is 5.60 Å². The minimum absolute atomic E-state index is 0.203. The summed E-state index contributed by atoms with van der Waals surface area (Å²) in [5.41, 5.74) is 4.76. The van der Waals surface area contributed by atoms with Crippen LogP contribution in [0, 0.1) is 0 Å². The molecule has 7 heteroatoms. The lowest BCUT2D eigenvalue weighted by atomic mass is 10.1. The molecule has 0 bridgehead atoms. The van der Waals surface area contributed by atoms with Gasteiger partial charge in [-0.3, -0.25) is 14.4 Å². The predicted molar refractivity (Wildman–Crippen MR) is 122 cm³/mol. The monoisotopic (exact) mass is 432 g/mol. The van der Waals surface area contributed by atoms with Crippen LogP contribution in [0.4, 0.5) is 10.5 Å². The summed E-state index contributed by atoms with van der Waals surface area (Å²) in [6, 6.07) is 15.6. The molecule has 2 heterocycles. The van der Waals surface area contributed by atoms with Crippen LogP contribution >= 0.6 is 0 Å². The zero-order valence-corrected chi connectivity index (χ0v) is 18.9. The molecule has 1 N–H and O–H groups in total. The third kappa shape index (κ3) is 4.82. The van der Waals surface area contributed by atoms with Crippen molar-refractivity contribution in [3.63, 3.8) is 0 Å². The van der Waals surface area contributed by atoms with E-state index in [0.29, 0.717) is 30.8 Å². The molecule has 0 aliphatic carbocycles. The number of benzene rings is 2. The number of ether oxygens (including phenoxy) is 1. The Bertz CT molecular complexity index is 1150. The molecule has 0 spiro atoms. The molecule has 2 amide bonds. The van der Waals surface area contributed by atoms with Gasteiger partial charge >= 0.3 is 6.09 Å². The van der Waals surface area contributed by atoms with Gasteiger partial charge in [-0.25, -0.2) is 4.79 Å². The summed E-state index contributed by atoms with van der Waals surface area (Å²) in [5, 5.41) is 7.32. The summed E-state index contributed by atoms with van der Waals surface area (Å²) >= 11 is 0. The van der Waals surface area contributed by atoms with E-state index in [1.807, 2.05) is 58.2 Å². The zero-order valence-electron chi connectivity index (χ0n) is 18.9. The van der Waals surface area contributed by atoms with E-state index in [1.165, 1.54) is 0 Å². The lowest BCUT2D eigenvalue weighted by molar-refractivity contribution is 0.0242. The molecule has 166 valence electrons. The number of amides is 2. The highest BCUT2D eigenvalue weighted by atomic mass is 16.6. The fourth-order valence-electron chi connectivity index (χ4n) is 3.75. The highest BCUT2D eigenvalue weighted by Crippen LogP contribution is 2.26. The van der Waals surface area contributed by atoms with Crippen molar-refractivity contribution >= 4 is 17.7 Å². The van der Waals surface area contributed by atoms with Crippen LogP contribution < -0.4 is 5.32 Å². The number of carbonyl (C=O) groups is 2. The minimum atomic E-state index is -0.544. The first-order valence-corrected chi connectivity index (χ1v) is 10.7. The Morgan fingerprint density at radius 2 is 1.78 bits per heavy atom. The van der Waals surface area contributed by atoms with Crippen LogP contribution in [0.5, 0.6) is 0 Å². The zero-order chi connectivity index (χ0) is 22.9. The normalized spacial score (nSPS) is 13.1. The maximum Gasteiger partial charge on any atom is 0.410 e. The largest absolute Gasteiger partial charge is 0.444 e. The number of anilines is 1. The molecule has 0 fully saturated rings. The van der Waals surface area contributed by atoms with Gasteiger partial charge in [0.25, 0.3) is 5.91 Å². The van der Waals surface area contributed by atoms with E-state index in [-0.39, 0.29) is 12.0 Å². The van der Waals surface area contributed by atoms with Crippen molar-refractivity contribution in [1.29, 1.82) is 0 Å². The van der Waals surface area contributed by atoms with Gasteiger partial charge in [-0.1, -0.05) is 36.4 Å². The van der Waals surface area contributed by atoms with Crippen molar-refractivity contribution in [3.05, 3.63) is 82.7 Å². The molecule has 1 aliphatic rings. The first-order chi connectivity index (χ1) is 15.2. The van der Waals surface area contributed by atoms with Gasteiger partial charge < -0.3 is 10.1 Å². The molecule has 1 aromatic heterocycles. The molecule has 0 radical (unpaired) electrons. The second-order valence-corrected chi connectivity index (χ2v) is 9.06. The summed E-state index contributed by atoms with van der Waals surface area (Å²) in [5.74, 6) is -0.203. The Kier molecular flexibility index (Phi) is 5.74. The smallest absolute Gasteiger partial charge is 0.410 e. The first kappa shape index (κ1) is 21.6. The third-order valence-electron chi connectivity index (χ3n) is 5.37. The van der Waals surface area contributed by atoms with Crippen molar-refractivity contribution in [3.8, 4) is 0 Å². The highest BCUT2D eigenvalue weighted by molar-refractivity contribution is 6.04. The van der Waals surface area contributed by atoms with Gasteiger partial charge in [0.15, 0.2) is 0 Å². The second kappa shape index (κ2) is 8.49. The maximum atomic E-state index is 13.0. The number of rotatable bonds is 4. The highest BCUT2D eigenvalue weighted by Gasteiger charge is 2.28. The van der Waals surface area contributed by atoms with Crippen LogP contribution in [0.15, 0.2) is 54.7 Å². The van der Waals surface area contributed by atoms with E-state index in [2.05, 4.69) is 22.5 Å². The molecular formula is C25H28N4O3. The van der Waals surface area contributed by atoms with Crippen molar-refractivity contribution < 1.29 is 14.3 Å². The van der Waals surface area contributed by atoms with E-state index >= 15 is 0 Å². The van der Waals surface area contributed by atoms with Crippen LogP contribution in [0.2, 0.25) is 0 Å². The van der Waals surface area contributed by atoms with E-state index in [4.69, 9.17) is 4.74 Å². The second-order valence-electron chi connectivity index (χ2n) is 9.06. The van der Waals surface area contributed by atoms with E-state index in [1.54, 1.807) is 21.8 Å². The number of aromatic nitrogens is 2. The fraction of sp³-hybridized carbons (Fsp3) is 0.320. The average molecular weight is 433 g/mol. The number of nitrogens with zero attached hydrogens (tertiary/aromatic N) is 3. The van der Waals surface area contributed by atoms with Gasteiger partial charge in [-0.15, -0.1) is 0 Å². The van der Waals surface area contributed by atoms with Crippen molar-refractivity contribution in [2.45, 2.75) is 45.9 Å². The molecule has 3 aromatic rings. The van der Waals surface area contributed by atoms with Crippen LogP contribution in [0.25, 0.3) is 0 Å². The number of hydrogen-bond donors (Lipinski definition) is 1. The average Bonchev–Trinajstić information content (AvgIpc) is 3.31. The summed E-state index contributed by atoms with van der Waals surface area (Å²) < 4.78 is 7.25. The molecule has 1 aliphatic heterocycles. The summed E-state index contributed by atoms with van der Waals surface area (Å²) in [7, 11) is 1.87. The van der Waals surface area contributed by atoms with Gasteiger partial charge in [-0.05, 0) is 49.6 Å². The van der Waals surface area contributed by atoms with Crippen LogP contribution in [-0.4, -0.2) is 32.3 Å². The Hall–Kier alpha value is -3.61. The Morgan fingerprint density at radius 1 is 1.06 bits per heavy atom. The van der Waals surface area contributed by atoms with Crippen LogP contribution in [-0.2, 0) is 31.3 Å². The van der Waals surface area contributed by atoms with Gasteiger partial charge in [0, 0.05) is 32.1 Å². The quantitative estimate of drug-likeness (QED) is 0.658. The molecule has 7 nitrogen and oxygen atoms in total. The molecule has 4 rings (SSSR count). The number of hydrogen-bond acceptors (Lipinski definition) is 4. The molecule has 0 atom stereocenters. The summed E-state index contributed by atoms with van der Waals surface area (Å²) in [6.45, 7) is 6.45. The van der Waals surface area contributed by atoms with Crippen molar-refractivity contribution in [2.24, 2.45) is 7.05 Å². The lowest BCUT2D eigenvalue weighted by Crippen LogP contribution is -2.33. The number of aryl methyl sites for hydroxylation is 1. The topological polar surface area (TPSA) is 76.5 Å². The summed E-state index contributed by atoms with van der Waals surface area (Å²) in [4.78, 5) is 27.0. The van der Waals surface area contributed by atoms with Crippen LogP contribution in [0.3, 0.4) is 0 Å². The predicted octanol–water partition coefficient (Wildman–Crippen LogP) is 4.51. The minimum Gasteiger partial charge on any atom is -0.444 e. The van der Waals surface area contributed by atoms with E-state index in [9.17, 15) is 9.59 Å². The fourth-order valence-corrected chi connectivity index (χ4v) is 3.75. The molecule has 0 saturated carbocycles. The third-order valence-corrected chi connectivity index (χ3v) is 5.37. The number of nitrogens with one attached hydrogen (secondary N) is 1. The number of fused-ring (bicyclic) bond motifs is 1. The van der Waals surface area contributed by atoms with Gasteiger partial charge in [0.05, 0.1) is 17.6 Å². The maximum absolute atomic E-state index is 13.0. The molecule has 32 heavy (non-hydrogen) atoms. The molecule has 0 unspecified atom stereocenters. The Labute approximate surface area is 188 Å². The summed E-state index contributed by atoms with van der Waals surface area (Å²) in [6.07, 6.45) is 2.00. The van der Waals surface area contributed by atoms with Crippen molar-refractivity contribution in [1.82, 2.24) is 14.7 Å². The van der Waals surface area contributed by atoms with Gasteiger partial charge in [0.2, 0.25) is 0 Å². The van der Waals surface area contributed by atoms with Crippen LogP contribution in [0.1, 0.15) is 53.5 Å². The first-order valence-electron chi connectivity index (χ1n) is 10.7. The van der Waals surface area contributed by atoms with Crippen molar-refractivity contribution in [2.75, 3.05) is 5.32 Å². The van der Waals surface area contributed by atoms with E-state index < -0.39 is 5.60 Å². The number of carbonyl (C=O) groups excluding carboxylic acids is 2. The molecule has 2 aromatic carbocycles. The molecule has 0 saturated heterocycles. The lowest BCUT2D eigenvalue weighted by Gasteiger charge is -2.24. The SMILES string of the molecule is Cn1ncc(NC(=O)c2ccc3c(c2)CN(C(=O)OC(C)(C)C)C3)c1Cc1ccccc1. The molecular weight excluding hydrogens is 404 g/mol. The van der Waals surface area contributed by atoms with Gasteiger partial charge in [-0.2, -0.15) is 5.10 Å². The Morgan fingerprint density at radius 3 is 2.50 bits per heavy atom. The van der Waals surface area contributed by atoms with E-state index in [0.717, 1.165) is 22.4 Å². The standard InChI is InChI=1S/C25H28N4O3/c1-25(2,3)32-24(31)29-15-19-11-10-18(13-20(19)16-29)23(30)27-21-14-26-28(4)22(21)12-17-8-6-5-7-9-17/h5-11,13-14H,12,15-16H2,1-4H3,(H,27,30).